The second-order valence-corrected chi connectivity index (χ2v) is 6.54. The quantitative estimate of drug-likeness (QED) is 0.579. The first-order valence-electron chi connectivity index (χ1n) is 8.43. The molecule has 0 saturated carbocycles. The molecule has 2 aromatic carbocycles. The van der Waals surface area contributed by atoms with E-state index in [1.165, 1.54) is 12.3 Å². The number of hydrogen-bond donors (Lipinski definition) is 2. The molecule has 4 rings (SSSR count). The lowest BCUT2D eigenvalue weighted by molar-refractivity contribution is -0.471. The smallest absolute Gasteiger partial charge is 0.335 e. The van der Waals surface area contributed by atoms with Gasteiger partial charge in [-0.2, -0.15) is 0 Å². The molecule has 2 heterocycles. The Morgan fingerprint density at radius 3 is 2.75 bits per heavy atom. The first-order chi connectivity index (χ1) is 13.5. The molecule has 28 heavy (non-hydrogen) atoms. The predicted molar refractivity (Wildman–Crippen MR) is 99.3 cm³/mol. The van der Waals surface area contributed by atoms with Crippen LogP contribution in [0.1, 0.15) is 5.56 Å². The number of rotatable bonds is 4. The van der Waals surface area contributed by atoms with E-state index in [0.29, 0.717) is 18.0 Å². The number of fused-ring (bicyclic) bond motifs is 1. The summed E-state index contributed by atoms with van der Waals surface area (Å²) >= 11 is 6.10. The highest BCUT2D eigenvalue weighted by molar-refractivity contribution is 6.38. The second kappa shape index (κ2) is 7.32. The molecule has 142 valence electrons. The van der Waals surface area contributed by atoms with Gasteiger partial charge in [-0.1, -0.05) is 23.7 Å². The van der Waals surface area contributed by atoms with E-state index in [4.69, 9.17) is 21.1 Å². The zero-order valence-corrected chi connectivity index (χ0v) is 15.2. The van der Waals surface area contributed by atoms with E-state index >= 15 is 0 Å². The van der Waals surface area contributed by atoms with Gasteiger partial charge in [0.1, 0.15) is 0 Å². The number of nitrogens with one attached hydrogen (secondary N) is 2. The first kappa shape index (κ1) is 18.0. The lowest BCUT2D eigenvalue weighted by Gasteiger charge is -2.28. The van der Waals surface area contributed by atoms with Crippen LogP contribution < -0.4 is 24.7 Å². The lowest BCUT2D eigenvalue weighted by Crippen LogP contribution is -2.71. The SMILES string of the molecule is O=C1NC(=O)N(c2ccccc2Cl)C(=O)C1C=[NH+]Cc1ccc2c(c1)OCO2. The van der Waals surface area contributed by atoms with Crippen LogP contribution in [0, 0.1) is 5.92 Å². The maximum atomic E-state index is 12.8. The summed E-state index contributed by atoms with van der Waals surface area (Å²) in [6.07, 6.45) is 1.36. The van der Waals surface area contributed by atoms with E-state index in [2.05, 4.69) is 10.3 Å². The molecule has 0 radical (unpaired) electrons. The summed E-state index contributed by atoms with van der Waals surface area (Å²) in [5, 5.41) is 2.41. The van der Waals surface area contributed by atoms with Gasteiger partial charge in [0.2, 0.25) is 6.79 Å². The Balaban J connectivity index is 1.52. The van der Waals surface area contributed by atoms with Crippen LogP contribution in [0.15, 0.2) is 42.5 Å². The third kappa shape index (κ3) is 3.29. The lowest BCUT2D eigenvalue weighted by atomic mass is 10.1. The highest BCUT2D eigenvalue weighted by Gasteiger charge is 2.42. The number of ether oxygens (including phenoxy) is 2. The van der Waals surface area contributed by atoms with Crippen molar-refractivity contribution >= 4 is 41.3 Å². The molecule has 2 aliphatic rings. The highest BCUT2D eigenvalue weighted by atomic mass is 35.5. The fraction of sp³-hybridized carbons (Fsp3) is 0.158. The number of nitrogens with zero attached hydrogens (tertiary/aromatic N) is 1. The molecule has 1 fully saturated rings. The molecule has 2 N–H and O–H groups in total. The molecule has 2 aliphatic heterocycles. The van der Waals surface area contributed by atoms with Gasteiger partial charge in [-0.15, -0.1) is 0 Å². The van der Waals surface area contributed by atoms with Gasteiger partial charge >= 0.3 is 6.03 Å². The van der Waals surface area contributed by atoms with Crippen LogP contribution in [0.4, 0.5) is 10.5 Å². The third-order valence-electron chi connectivity index (χ3n) is 4.32. The number of imide groups is 2. The van der Waals surface area contributed by atoms with Gasteiger partial charge in [-0.25, -0.2) is 14.7 Å². The van der Waals surface area contributed by atoms with Crippen molar-refractivity contribution in [2.75, 3.05) is 11.7 Å². The average Bonchev–Trinajstić information content (AvgIpc) is 3.13. The van der Waals surface area contributed by atoms with Gasteiger partial charge in [0.15, 0.2) is 30.2 Å². The van der Waals surface area contributed by atoms with Gasteiger partial charge in [-0.05, 0) is 30.3 Å². The Morgan fingerprint density at radius 1 is 1.14 bits per heavy atom. The molecule has 0 aromatic heterocycles. The third-order valence-corrected chi connectivity index (χ3v) is 4.64. The number of anilines is 1. The summed E-state index contributed by atoms with van der Waals surface area (Å²) in [5.74, 6) is -1.25. The summed E-state index contributed by atoms with van der Waals surface area (Å²) in [6, 6.07) is 11.0. The van der Waals surface area contributed by atoms with Crippen molar-refractivity contribution in [1.29, 1.82) is 0 Å². The maximum Gasteiger partial charge on any atom is 0.335 e. The van der Waals surface area contributed by atoms with Crippen molar-refractivity contribution in [3.8, 4) is 11.5 Å². The summed E-state index contributed by atoms with van der Waals surface area (Å²) in [5.41, 5.74) is 1.09. The van der Waals surface area contributed by atoms with Gasteiger partial charge in [0.25, 0.3) is 11.8 Å². The van der Waals surface area contributed by atoms with E-state index in [1.54, 1.807) is 24.3 Å². The maximum absolute atomic E-state index is 12.8. The van der Waals surface area contributed by atoms with Crippen LogP contribution in [0.5, 0.6) is 11.5 Å². The Hall–Kier alpha value is -3.39. The Labute approximate surface area is 164 Å². The molecule has 4 amide bonds. The van der Waals surface area contributed by atoms with Crippen molar-refractivity contribution in [1.82, 2.24) is 5.32 Å². The monoisotopic (exact) mass is 400 g/mol. The molecule has 1 unspecified atom stereocenters. The van der Waals surface area contributed by atoms with Crippen LogP contribution >= 0.6 is 11.6 Å². The summed E-state index contributed by atoms with van der Waals surface area (Å²) in [4.78, 5) is 40.9. The summed E-state index contributed by atoms with van der Waals surface area (Å²) in [7, 11) is 0. The van der Waals surface area contributed by atoms with Crippen LogP contribution in [0.25, 0.3) is 0 Å². The number of halogens is 1. The largest absolute Gasteiger partial charge is 0.454 e. The Morgan fingerprint density at radius 2 is 1.93 bits per heavy atom. The van der Waals surface area contributed by atoms with Crippen LogP contribution in [-0.4, -0.2) is 30.9 Å². The number of benzene rings is 2. The van der Waals surface area contributed by atoms with Crippen LogP contribution in [0.3, 0.4) is 0 Å². The van der Waals surface area contributed by atoms with Crippen molar-refractivity contribution in [2.24, 2.45) is 5.92 Å². The highest BCUT2D eigenvalue weighted by Crippen LogP contribution is 2.32. The summed E-state index contributed by atoms with van der Waals surface area (Å²) < 4.78 is 10.6. The minimum absolute atomic E-state index is 0.182. The van der Waals surface area contributed by atoms with Gasteiger partial charge in [-0.3, -0.25) is 14.9 Å². The molecule has 0 bridgehead atoms. The van der Waals surface area contributed by atoms with Crippen molar-refractivity contribution < 1.29 is 28.8 Å². The molecular weight excluding hydrogens is 386 g/mol. The Kier molecular flexibility index (Phi) is 4.70. The first-order valence-corrected chi connectivity index (χ1v) is 8.81. The van der Waals surface area contributed by atoms with E-state index < -0.39 is 23.8 Å². The number of urea groups is 1. The molecule has 0 aliphatic carbocycles. The molecule has 1 saturated heterocycles. The average molecular weight is 401 g/mol. The standard InChI is InChI=1S/C19H14ClN3O5/c20-13-3-1-2-4-14(13)23-18(25)12(17(24)22-19(23)26)9-21-8-11-5-6-15-16(7-11)28-10-27-15/h1-7,9,12H,8,10H2,(H,22,24,26)/p+1. The molecule has 9 heteroatoms. The predicted octanol–water partition coefficient (Wildman–Crippen LogP) is 0.619. The van der Waals surface area contributed by atoms with Crippen molar-refractivity contribution in [3.63, 3.8) is 0 Å². The van der Waals surface area contributed by atoms with Gasteiger partial charge in [0.05, 0.1) is 10.7 Å². The number of hydrogen-bond acceptors (Lipinski definition) is 5. The second-order valence-electron chi connectivity index (χ2n) is 6.13. The topological polar surface area (TPSA) is 98.9 Å². The minimum Gasteiger partial charge on any atom is -0.454 e. The van der Waals surface area contributed by atoms with E-state index in [9.17, 15) is 14.4 Å². The van der Waals surface area contributed by atoms with Crippen molar-refractivity contribution in [2.45, 2.75) is 6.54 Å². The van der Waals surface area contributed by atoms with Crippen LogP contribution in [-0.2, 0) is 16.1 Å². The zero-order valence-electron chi connectivity index (χ0n) is 14.5. The van der Waals surface area contributed by atoms with Crippen LogP contribution in [0.2, 0.25) is 5.02 Å². The molecule has 2 aromatic rings. The molecule has 1 atom stereocenters. The Bertz CT molecular complexity index is 1010. The normalized spacial score (nSPS) is 18.7. The molecular formula is C19H15ClN3O5+. The number of barbiturate groups is 1. The van der Waals surface area contributed by atoms with E-state index in [1.807, 2.05) is 12.1 Å². The minimum atomic E-state index is -1.18. The number of carbonyl (C=O) groups is 3. The molecule has 8 nitrogen and oxygen atoms in total. The van der Waals surface area contributed by atoms with E-state index in [0.717, 1.165) is 10.5 Å². The van der Waals surface area contributed by atoms with Gasteiger partial charge in [0, 0.05) is 5.56 Å². The fourth-order valence-electron chi connectivity index (χ4n) is 2.94. The fourth-order valence-corrected chi connectivity index (χ4v) is 3.16. The number of para-hydroxylation sites is 1. The van der Waals surface area contributed by atoms with E-state index in [-0.39, 0.29) is 17.5 Å². The molecule has 0 spiro atoms. The number of amides is 4. The van der Waals surface area contributed by atoms with Crippen molar-refractivity contribution in [3.05, 3.63) is 53.1 Å². The zero-order chi connectivity index (χ0) is 19.7. The van der Waals surface area contributed by atoms with Gasteiger partial charge < -0.3 is 9.47 Å². The summed E-state index contributed by atoms with van der Waals surface area (Å²) in [6.45, 7) is 0.536. The number of carbonyl (C=O) groups excluding carboxylic acids is 3.